The number of hydrogen-bond donors (Lipinski definition) is 2. The minimum Gasteiger partial charge on any atom is -0.370 e. The third-order valence-electron chi connectivity index (χ3n) is 6.71. The number of rotatable bonds is 6. The standard InChI is InChI=1S/C27H21F3N4O5S2/c1-16-12-22(40(2,36)37)23(19-10-11-34(24(16)19)41(38,39)15-17-6-4-3-5-7-17)26(35,27(28,29)30)25-32-20-9-8-18(14-31)13-21(20)33-25/h3-13,35H,15H2,1-2H3,(H,32,33). The van der Waals surface area contributed by atoms with E-state index in [1.54, 1.807) is 30.3 Å². The van der Waals surface area contributed by atoms with Crippen LogP contribution in [0.15, 0.2) is 71.8 Å². The van der Waals surface area contributed by atoms with Crippen molar-refractivity contribution in [1.82, 2.24) is 13.9 Å². The van der Waals surface area contributed by atoms with Crippen molar-refractivity contribution in [2.45, 2.75) is 29.3 Å². The summed E-state index contributed by atoms with van der Waals surface area (Å²) >= 11 is 0. The first kappa shape index (κ1) is 28.3. The molecule has 0 fully saturated rings. The summed E-state index contributed by atoms with van der Waals surface area (Å²) < 4.78 is 98.4. The first-order valence-corrected chi connectivity index (χ1v) is 15.4. The molecule has 5 aromatic rings. The van der Waals surface area contributed by atoms with E-state index in [2.05, 4.69) is 9.97 Å². The van der Waals surface area contributed by atoms with E-state index in [9.17, 15) is 40.4 Å². The van der Waals surface area contributed by atoms with Gasteiger partial charge in [0.1, 0.15) is 0 Å². The van der Waals surface area contributed by atoms with E-state index in [1.165, 1.54) is 25.1 Å². The lowest BCUT2D eigenvalue weighted by Crippen LogP contribution is -2.45. The highest BCUT2D eigenvalue weighted by Gasteiger charge is 2.61. The smallest absolute Gasteiger partial charge is 0.370 e. The average Bonchev–Trinajstić information content (AvgIpc) is 3.53. The van der Waals surface area contributed by atoms with Crippen molar-refractivity contribution in [2.75, 3.05) is 6.26 Å². The van der Waals surface area contributed by atoms with Gasteiger partial charge in [-0.05, 0) is 48.4 Å². The molecule has 5 rings (SSSR count). The Kier molecular flexibility index (Phi) is 6.52. The molecule has 41 heavy (non-hydrogen) atoms. The number of H-pyrrole nitrogens is 1. The minimum absolute atomic E-state index is 0.00556. The molecule has 0 aliphatic carbocycles. The van der Waals surface area contributed by atoms with Crippen LogP contribution in [-0.4, -0.2) is 48.3 Å². The molecule has 3 aromatic carbocycles. The molecule has 1 atom stereocenters. The second kappa shape index (κ2) is 9.44. The van der Waals surface area contributed by atoms with Gasteiger partial charge in [0.2, 0.25) is 15.6 Å². The fourth-order valence-corrected chi connectivity index (χ4v) is 7.41. The number of fused-ring (bicyclic) bond motifs is 2. The van der Waals surface area contributed by atoms with Crippen LogP contribution in [0.4, 0.5) is 13.2 Å². The molecule has 2 aromatic heterocycles. The molecule has 212 valence electrons. The van der Waals surface area contributed by atoms with Gasteiger partial charge in [-0.2, -0.15) is 18.4 Å². The van der Waals surface area contributed by atoms with Crippen LogP contribution >= 0.6 is 0 Å². The van der Waals surface area contributed by atoms with Gasteiger partial charge in [-0.1, -0.05) is 30.3 Å². The maximum absolute atomic E-state index is 15.0. The van der Waals surface area contributed by atoms with Crippen LogP contribution in [0, 0.1) is 18.3 Å². The summed E-state index contributed by atoms with van der Waals surface area (Å²) in [4.78, 5) is 5.46. The lowest BCUT2D eigenvalue weighted by atomic mass is 9.88. The largest absolute Gasteiger partial charge is 0.428 e. The van der Waals surface area contributed by atoms with Crippen molar-refractivity contribution in [3.8, 4) is 6.07 Å². The Morgan fingerprint density at radius 1 is 1.05 bits per heavy atom. The fourth-order valence-electron chi connectivity index (χ4n) is 4.87. The van der Waals surface area contributed by atoms with Gasteiger partial charge in [-0.25, -0.2) is 25.8 Å². The van der Waals surface area contributed by atoms with Crippen LogP contribution in [0.5, 0.6) is 0 Å². The molecular formula is C27H21F3N4O5S2. The van der Waals surface area contributed by atoms with E-state index in [-0.39, 0.29) is 27.7 Å². The number of imidazole rings is 1. The molecule has 0 bridgehead atoms. The number of halogens is 3. The Labute approximate surface area is 232 Å². The van der Waals surface area contributed by atoms with Crippen LogP contribution in [0.25, 0.3) is 21.9 Å². The predicted octanol–water partition coefficient (Wildman–Crippen LogP) is 4.28. The van der Waals surface area contributed by atoms with Crippen LogP contribution < -0.4 is 0 Å². The van der Waals surface area contributed by atoms with Gasteiger partial charge in [0.05, 0.1) is 38.8 Å². The van der Waals surface area contributed by atoms with Crippen LogP contribution in [-0.2, 0) is 31.2 Å². The molecule has 0 radical (unpaired) electrons. The summed E-state index contributed by atoms with van der Waals surface area (Å²) in [6.45, 7) is 1.37. The molecule has 0 saturated carbocycles. The van der Waals surface area contributed by atoms with E-state index in [0.29, 0.717) is 11.8 Å². The molecule has 9 nitrogen and oxygen atoms in total. The fraction of sp³-hybridized carbons (Fsp3) is 0.185. The molecule has 1 unspecified atom stereocenters. The number of nitriles is 1. The zero-order chi connectivity index (χ0) is 30.0. The van der Waals surface area contributed by atoms with Crippen LogP contribution in [0.1, 0.15) is 28.1 Å². The van der Waals surface area contributed by atoms with Crippen LogP contribution in [0.3, 0.4) is 0 Å². The van der Waals surface area contributed by atoms with Gasteiger partial charge >= 0.3 is 6.18 Å². The second-order valence-electron chi connectivity index (χ2n) is 9.59. The van der Waals surface area contributed by atoms with Crippen molar-refractivity contribution < 1.29 is 35.1 Å². The summed E-state index contributed by atoms with van der Waals surface area (Å²) in [5.74, 6) is -1.54. The van der Waals surface area contributed by atoms with E-state index in [1.807, 2.05) is 6.07 Å². The Hall–Kier alpha value is -4.19. The van der Waals surface area contributed by atoms with Gasteiger partial charge in [0.25, 0.3) is 0 Å². The second-order valence-corrected chi connectivity index (χ2v) is 13.4. The number of alkyl halides is 3. The van der Waals surface area contributed by atoms with Crippen LogP contribution in [0.2, 0.25) is 0 Å². The molecule has 0 aliphatic rings. The van der Waals surface area contributed by atoms with Crippen molar-refractivity contribution in [2.24, 2.45) is 0 Å². The minimum atomic E-state index is -5.54. The summed E-state index contributed by atoms with van der Waals surface area (Å²) in [5, 5.41) is 20.3. The Morgan fingerprint density at radius 3 is 2.34 bits per heavy atom. The highest BCUT2D eigenvalue weighted by molar-refractivity contribution is 7.90. The number of aryl methyl sites for hydroxylation is 1. The van der Waals surface area contributed by atoms with Crippen molar-refractivity contribution >= 4 is 41.8 Å². The van der Waals surface area contributed by atoms with E-state index < -0.39 is 59.1 Å². The third-order valence-corrected chi connectivity index (χ3v) is 9.43. The highest BCUT2D eigenvalue weighted by Crippen LogP contribution is 2.49. The number of sulfone groups is 1. The number of nitrogens with one attached hydrogen (secondary N) is 1. The van der Waals surface area contributed by atoms with Gasteiger partial charge in [-0.3, -0.25) is 0 Å². The van der Waals surface area contributed by atoms with Gasteiger partial charge in [0.15, 0.2) is 15.7 Å². The lowest BCUT2D eigenvalue weighted by molar-refractivity contribution is -0.251. The molecule has 0 aliphatic heterocycles. The molecule has 0 spiro atoms. The quantitative estimate of drug-likeness (QED) is 0.295. The summed E-state index contributed by atoms with van der Waals surface area (Å²) in [6.07, 6.45) is -3.82. The Morgan fingerprint density at radius 2 is 1.73 bits per heavy atom. The normalized spacial score (nSPS) is 14.3. The van der Waals surface area contributed by atoms with E-state index in [0.717, 1.165) is 22.3 Å². The van der Waals surface area contributed by atoms with Crippen molar-refractivity contribution in [1.29, 1.82) is 5.26 Å². The number of hydrogen-bond acceptors (Lipinski definition) is 7. The SMILES string of the molecule is Cc1cc(S(C)(=O)=O)c(C(O)(c2nc3ccc(C#N)cc3[nH]2)C(F)(F)F)c2ccn(S(=O)(=O)Cc3ccccc3)c12. The number of aromatic amines is 1. The molecule has 14 heteroatoms. The first-order chi connectivity index (χ1) is 19.1. The number of aliphatic hydroxyl groups is 1. The van der Waals surface area contributed by atoms with E-state index in [4.69, 9.17) is 0 Å². The number of benzene rings is 3. The molecule has 0 saturated heterocycles. The molecular weight excluding hydrogens is 581 g/mol. The first-order valence-electron chi connectivity index (χ1n) is 11.9. The summed E-state index contributed by atoms with van der Waals surface area (Å²) in [7, 11) is -8.63. The number of aromatic nitrogens is 3. The van der Waals surface area contributed by atoms with Gasteiger partial charge < -0.3 is 10.1 Å². The molecule has 2 heterocycles. The lowest BCUT2D eigenvalue weighted by Gasteiger charge is -2.31. The number of nitrogens with zero attached hydrogens (tertiary/aromatic N) is 3. The maximum Gasteiger partial charge on any atom is 0.428 e. The molecule has 0 amide bonds. The van der Waals surface area contributed by atoms with E-state index >= 15 is 0 Å². The maximum atomic E-state index is 15.0. The third kappa shape index (κ3) is 4.65. The zero-order valence-electron chi connectivity index (χ0n) is 21.4. The predicted molar refractivity (Wildman–Crippen MR) is 144 cm³/mol. The monoisotopic (exact) mass is 602 g/mol. The topological polar surface area (TPSA) is 146 Å². The average molecular weight is 603 g/mol. The summed E-state index contributed by atoms with van der Waals surface area (Å²) in [5.41, 5.74) is -4.79. The molecule has 2 N–H and O–H groups in total. The summed E-state index contributed by atoms with van der Waals surface area (Å²) in [6, 6.07) is 15.7. The van der Waals surface area contributed by atoms with Gasteiger partial charge in [0, 0.05) is 23.4 Å². The van der Waals surface area contributed by atoms with Gasteiger partial charge in [-0.15, -0.1) is 0 Å². The Bertz CT molecular complexity index is 2100. The van der Waals surface area contributed by atoms with Crippen molar-refractivity contribution in [3.05, 3.63) is 94.9 Å². The Balaban J connectivity index is 1.86. The zero-order valence-corrected chi connectivity index (χ0v) is 23.1. The van der Waals surface area contributed by atoms with Crippen molar-refractivity contribution in [3.63, 3.8) is 0 Å². The highest BCUT2D eigenvalue weighted by atomic mass is 32.2.